The van der Waals surface area contributed by atoms with Crippen LogP contribution in [0.1, 0.15) is 17.8 Å². The summed E-state index contributed by atoms with van der Waals surface area (Å²) in [6.07, 6.45) is 5.28. The number of hydrogen-bond acceptors (Lipinski definition) is 4. The van der Waals surface area contributed by atoms with Crippen LogP contribution in [0.25, 0.3) is 22.0 Å². The molecule has 1 N–H and O–H groups in total. The Kier molecular flexibility index (Phi) is 3.69. The molecule has 2 heterocycles. The minimum absolute atomic E-state index is 0.202. The number of aliphatic imine (C=N–C) groups is 1. The first kappa shape index (κ1) is 17.2. The molecule has 4 nitrogen and oxygen atoms in total. The van der Waals surface area contributed by atoms with Crippen LogP contribution in [0, 0.1) is 5.92 Å². The number of hydrogen-bond donors (Lipinski definition) is 1. The van der Waals surface area contributed by atoms with E-state index in [2.05, 4.69) is 20.3 Å². The third-order valence-corrected chi connectivity index (χ3v) is 5.47. The average Bonchev–Trinajstić information content (AvgIpc) is 3.29. The summed E-state index contributed by atoms with van der Waals surface area (Å²) < 4.78 is 42.4. The number of nitrogens with zero attached hydrogens (tertiary/aromatic N) is 3. The molecule has 2 aromatic rings. The molecule has 3 unspecified atom stereocenters. The van der Waals surface area contributed by atoms with E-state index in [4.69, 9.17) is 0 Å². The third-order valence-electron chi connectivity index (χ3n) is 5.47. The van der Waals surface area contributed by atoms with Gasteiger partial charge in [0.05, 0.1) is 11.4 Å². The molecular formula is C21H17F3N4. The Balaban J connectivity index is 1.60. The molecule has 28 heavy (non-hydrogen) atoms. The van der Waals surface area contributed by atoms with Crippen LogP contribution >= 0.6 is 0 Å². The molecule has 142 valence electrons. The zero-order valence-corrected chi connectivity index (χ0v) is 15.1. The molecule has 0 radical (unpaired) electrons. The van der Waals surface area contributed by atoms with E-state index in [0.29, 0.717) is 28.1 Å². The molecule has 1 aromatic carbocycles. The van der Waals surface area contributed by atoms with Crippen molar-refractivity contribution in [1.29, 1.82) is 0 Å². The standard InChI is InChI=1S/C21H17F3N4/c1-25-20-14-9-11(13-6-7-21(24)16(17(13)22)18(21)23)4-5-15(14)27-19(28-20)12-3-2-8-26-10-12/h3-7,9-10,16,18H,2,8H2,1H3,(H,25,27,28). The lowest BCUT2D eigenvalue weighted by atomic mass is 9.96. The number of rotatable bonds is 3. The van der Waals surface area contributed by atoms with Gasteiger partial charge >= 0.3 is 0 Å². The Morgan fingerprint density at radius 2 is 2.11 bits per heavy atom. The smallest absolute Gasteiger partial charge is 0.173 e. The van der Waals surface area contributed by atoms with Gasteiger partial charge < -0.3 is 5.32 Å². The number of allylic oxidation sites excluding steroid dienone is 5. The van der Waals surface area contributed by atoms with Crippen molar-refractivity contribution in [3.05, 3.63) is 53.6 Å². The third kappa shape index (κ3) is 2.42. The van der Waals surface area contributed by atoms with Crippen molar-refractivity contribution >= 4 is 34.1 Å². The molecule has 1 fully saturated rings. The van der Waals surface area contributed by atoms with Gasteiger partial charge in [0.2, 0.25) is 0 Å². The second-order valence-corrected chi connectivity index (χ2v) is 7.16. The van der Waals surface area contributed by atoms with Crippen molar-refractivity contribution in [2.75, 3.05) is 18.9 Å². The summed E-state index contributed by atoms with van der Waals surface area (Å²) in [5.41, 5.74) is 0.101. The van der Waals surface area contributed by atoms with E-state index in [0.717, 1.165) is 24.6 Å². The second kappa shape index (κ2) is 6.02. The van der Waals surface area contributed by atoms with Crippen molar-refractivity contribution in [2.24, 2.45) is 10.9 Å². The lowest BCUT2D eigenvalue weighted by Crippen LogP contribution is -2.07. The van der Waals surface area contributed by atoms with E-state index < -0.39 is 23.6 Å². The highest BCUT2D eigenvalue weighted by atomic mass is 19.2. The molecule has 3 atom stereocenters. The Labute approximate surface area is 159 Å². The minimum atomic E-state index is -2.19. The van der Waals surface area contributed by atoms with Crippen LogP contribution in [0.3, 0.4) is 0 Å². The predicted molar refractivity (Wildman–Crippen MR) is 104 cm³/mol. The van der Waals surface area contributed by atoms with E-state index in [1.54, 1.807) is 31.5 Å². The highest BCUT2D eigenvalue weighted by Crippen LogP contribution is 2.59. The van der Waals surface area contributed by atoms with E-state index in [1.807, 2.05) is 6.08 Å². The lowest BCUT2D eigenvalue weighted by Gasteiger charge is -2.14. The zero-order chi connectivity index (χ0) is 19.5. The van der Waals surface area contributed by atoms with Crippen molar-refractivity contribution < 1.29 is 13.2 Å². The normalized spacial score (nSPS) is 28.4. The molecule has 3 aliphatic rings. The maximum absolute atomic E-state index is 14.6. The number of aromatic nitrogens is 2. The Morgan fingerprint density at radius 3 is 2.86 bits per heavy atom. The summed E-state index contributed by atoms with van der Waals surface area (Å²) in [5, 5.41) is 3.75. The van der Waals surface area contributed by atoms with Crippen molar-refractivity contribution in [2.45, 2.75) is 18.3 Å². The van der Waals surface area contributed by atoms with E-state index >= 15 is 0 Å². The fraction of sp³-hybridized carbons (Fsp3) is 0.286. The number of anilines is 1. The summed E-state index contributed by atoms with van der Waals surface area (Å²) in [6.45, 7) is 0.758. The van der Waals surface area contributed by atoms with E-state index in [-0.39, 0.29) is 5.57 Å². The monoisotopic (exact) mass is 382 g/mol. The zero-order valence-electron chi connectivity index (χ0n) is 15.1. The maximum atomic E-state index is 14.6. The first-order chi connectivity index (χ1) is 13.5. The molecule has 0 spiro atoms. The molecule has 0 amide bonds. The SMILES string of the molecule is CNc1nc(C2=CCCN=C2)nc2ccc(C3=C(F)C4C(F)C4(F)C=C3)cc12. The van der Waals surface area contributed by atoms with Gasteiger partial charge in [-0.15, -0.1) is 0 Å². The quantitative estimate of drug-likeness (QED) is 0.853. The van der Waals surface area contributed by atoms with Crippen LogP contribution in [0.15, 0.2) is 47.2 Å². The van der Waals surface area contributed by atoms with Gasteiger partial charge in [-0.1, -0.05) is 18.2 Å². The molecule has 5 rings (SSSR count). The molecule has 0 saturated heterocycles. The number of fused-ring (bicyclic) bond motifs is 2. The molecule has 7 heteroatoms. The Bertz CT molecular complexity index is 1120. The number of alkyl halides is 2. The van der Waals surface area contributed by atoms with Crippen molar-refractivity contribution in [3.63, 3.8) is 0 Å². The molecule has 1 aromatic heterocycles. The first-order valence-electron chi connectivity index (χ1n) is 9.15. The number of halogens is 3. The van der Waals surface area contributed by atoms with E-state index in [9.17, 15) is 13.2 Å². The van der Waals surface area contributed by atoms with Crippen LogP contribution in [0.4, 0.5) is 19.0 Å². The predicted octanol–water partition coefficient (Wildman–Crippen LogP) is 4.46. The van der Waals surface area contributed by atoms with Crippen LogP contribution in [-0.2, 0) is 0 Å². The average molecular weight is 382 g/mol. The van der Waals surface area contributed by atoms with Gasteiger partial charge in [-0.2, -0.15) is 0 Å². The van der Waals surface area contributed by atoms with Gasteiger partial charge in [-0.05, 0) is 30.2 Å². The number of dihydropyridines is 1. The second-order valence-electron chi connectivity index (χ2n) is 7.16. The van der Waals surface area contributed by atoms with Gasteiger partial charge in [-0.25, -0.2) is 23.1 Å². The largest absolute Gasteiger partial charge is 0.373 e. The van der Waals surface area contributed by atoms with Gasteiger partial charge in [-0.3, -0.25) is 4.99 Å². The molecule has 2 aliphatic carbocycles. The fourth-order valence-corrected chi connectivity index (χ4v) is 3.82. The molecular weight excluding hydrogens is 365 g/mol. The van der Waals surface area contributed by atoms with Gasteiger partial charge in [0, 0.05) is 36.3 Å². The van der Waals surface area contributed by atoms with E-state index in [1.165, 1.54) is 6.08 Å². The minimum Gasteiger partial charge on any atom is -0.373 e. The van der Waals surface area contributed by atoms with Gasteiger partial charge in [0.25, 0.3) is 0 Å². The highest BCUT2D eigenvalue weighted by molar-refractivity contribution is 6.09. The van der Waals surface area contributed by atoms with Crippen LogP contribution in [0.5, 0.6) is 0 Å². The topological polar surface area (TPSA) is 50.2 Å². The van der Waals surface area contributed by atoms with Gasteiger partial charge in [0.1, 0.15) is 11.6 Å². The molecule has 1 aliphatic heterocycles. The summed E-state index contributed by atoms with van der Waals surface area (Å²) >= 11 is 0. The summed E-state index contributed by atoms with van der Waals surface area (Å²) in [5.74, 6) is -0.916. The van der Waals surface area contributed by atoms with Crippen LogP contribution in [-0.4, -0.2) is 41.6 Å². The molecule has 0 bridgehead atoms. The Morgan fingerprint density at radius 1 is 1.25 bits per heavy atom. The summed E-state index contributed by atoms with van der Waals surface area (Å²) in [6, 6.07) is 5.22. The fourth-order valence-electron chi connectivity index (χ4n) is 3.82. The number of nitrogens with one attached hydrogen (secondary N) is 1. The van der Waals surface area contributed by atoms with Crippen molar-refractivity contribution in [3.8, 4) is 0 Å². The van der Waals surface area contributed by atoms with Crippen LogP contribution in [0.2, 0.25) is 0 Å². The van der Waals surface area contributed by atoms with Gasteiger partial charge in [0.15, 0.2) is 17.7 Å². The molecule has 1 saturated carbocycles. The van der Waals surface area contributed by atoms with Crippen molar-refractivity contribution in [1.82, 2.24) is 9.97 Å². The first-order valence-corrected chi connectivity index (χ1v) is 9.15. The lowest BCUT2D eigenvalue weighted by molar-refractivity contribution is 0.297. The summed E-state index contributed by atoms with van der Waals surface area (Å²) in [7, 11) is 1.75. The summed E-state index contributed by atoms with van der Waals surface area (Å²) in [4.78, 5) is 13.4. The number of benzene rings is 1. The Hall–Kier alpha value is -2.96. The highest BCUT2D eigenvalue weighted by Gasteiger charge is 2.70. The maximum Gasteiger partial charge on any atom is 0.173 e. The van der Waals surface area contributed by atoms with Crippen LogP contribution < -0.4 is 5.32 Å².